The van der Waals surface area contributed by atoms with Crippen molar-refractivity contribution in [3.8, 4) is 5.75 Å². The fraction of sp³-hybridized carbons (Fsp3) is 0.696. The molecule has 172 valence electrons. The Bertz CT molecular complexity index is 858. The molecular weight excluding hydrogens is 450 g/mol. The van der Waals surface area contributed by atoms with E-state index in [1.807, 2.05) is 0 Å². The molecule has 1 aromatic carbocycles. The van der Waals surface area contributed by atoms with Gasteiger partial charge in [0.1, 0.15) is 0 Å². The molecule has 3 aliphatic rings. The fourth-order valence-corrected chi connectivity index (χ4v) is 7.21. The van der Waals surface area contributed by atoms with E-state index in [0.29, 0.717) is 32.1 Å². The molecule has 0 radical (unpaired) electrons. The van der Waals surface area contributed by atoms with Crippen LogP contribution in [-0.2, 0) is 4.79 Å². The van der Waals surface area contributed by atoms with Crippen LogP contribution < -0.4 is 5.32 Å². The van der Waals surface area contributed by atoms with Gasteiger partial charge in [-0.15, -0.1) is 0 Å². The number of phenolic OH excluding ortho intramolecular Hbond substituents is 1. The summed E-state index contributed by atoms with van der Waals surface area (Å²) in [6, 6.07) is -0.442. The lowest BCUT2D eigenvalue weighted by Gasteiger charge is -2.52. The van der Waals surface area contributed by atoms with E-state index < -0.39 is 46.7 Å². The van der Waals surface area contributed by atoms with Crippen LogP contribution in [0, 0.1) is 34.9 Å². The van der Waals surface area contributed by atoms with Crippen molar-refractivity contribution in [1.82, 2.24) is 5.32 Å². The highest BCUT2D eigenvalue weighted by atomic mass is 35.5. The second kappa shape index (κ2) is 8.02. The van der Waals surface area contributed by atoms with Crippen LogP contribution in [0.15, 0.2) is 6.07 Å². The van der Waals surface area contributed by atoms with Crippen LogP contribution in [0.3, 0.4) is 0 Å². The predicted octanol–water partition coefficient (Wildman–Crippen LogP) is 6.89. The number of aromatic hydroxyl groups is 1. The molecule has 1 amide bonds. The molecule has 2 bridgehead atoms. The number of nitrogens with one attached hydrogen (secondary N) is 1. The fourth-order valence-electron chi connectivity index (χ4n) is 6.76. The van der Waals surface area contributed by atoms with Gasteiger partial charge in [-0.05, 0) is 43.9 Å². The van der Waals surface area contributed by atoms with Crippen LogP contribution in [0.2, 0.25) is 10.0 Å². The maximum absolute atomic E-state index is 16.0. The van der Waals surface area contributed by atoms with E-state index in [1.165, 1.54) is 0 Å². The van der Waals surface area contributed by atoms with Crippen LogP contribution in [0.4, 0.5) is 13.2 Å². The lowest BCUT2D eigenvalue weighted by Crippen LogP contribution is -2.58. The molecule has 0 heterocycles. The molecule has 3 nitrogen and oxygen atoms in total. The van der Waals surface area contributed by atoms with Crippen molar-refractivity contribution in [2.75, 3.05) is 0 Å². The highest BCUT2D eigenvalue weighted by molar-refractivity contribution is 6.42. The van der Waals surface area contributed by atoms with Crippen LogP contribution in [0.25, 0.3) is 0 Å². The van der Waals surface area contributed by atoms with Crippen LogP contribution in [-0.4, -0.2) is 16.9 Å². The van der Waals surface area contributed by atoms with E-state index >= 15 is 13.2 Å². The average molecular weight is 478 g/mol. The predicted molar refractivity (Wildman–Crippen MR) is 114 cm³/mol. The van der Waals surface area contributed by atoms with Gasteiger partial charge < -0.3 is 10.4 Å². The first kappa shape index (κ1) is 23.0. The maximum atomic E-state index is 16.0. The lowest BCUT2D eigenvalue weighted by atomic mass is 9.57. The van der Waals surface area contributed by atoms with Gasteiger partial charge in [-0.3, -0.25) is 4.79 Å². The highest BCUT2D eigenvalue weighted by Crippen LogP contribution is 2.70. The van der Waals surface area contributed by atoms with Crippen molar-refractivity contribution in [2.24, 2.45) is 29.1 Å². The standard InChI is InChI=1S/C23H28Cl2F3NO2/c1-11-7-8-14-9-12(2)22(11,23(14,27)28)20(29-21(31)13-5-3-4-6-13)17-18(25)15(24)10-16(30)19(17)26/h10-14,20,30H,3-9H2,1-2H3,(H,29,31)/t11-,12?,14?,20?,22-/m0/s1. The normalized spacial score (nSPS) is 33.5. The number of phenols is 1. The Morgan fingerprint density at radius 2 is 1.81 bits per heavy atom. The van der Waals surface area contributed by atoms with Crippen LogP contribution >= 0.6 is 23.2 Å². The zero-order chi connectivity index (χ0) is 22.7. The molecule has 8 heteroatoms. The Morgan fingerprint density at radius 3 is 2.45 bits per heavy atom. The van der Waals surface area contributed by atoms with Crippen molar-refractivity contribution in [3.05, 3.63) is 27.5 Å². The van der Waals surface area contributed by atoms with Crippen LogP contribution in [0.1, 0.15) is 70.4 Å². The minimum absolute atomic E-state index is 0.138. The summed E-state index contributed by atoms with van der Waals surface area (Å²) in [7, 11) is 0. The zero-order valence-corrected chi connectivity index (χ0v) is 19.2. The Labute approximate surface area is 190 Å². The van der Waals surface area contributed by atoms with E-state index in [4.69, 9.17) is 23.2 Å². The number of alkyl halides is 2. The van der Waals surface area contributed by atoms with Crippen molar-refractivity contribution < 1.29 is 23.1 Å². The number of halogens is 5. The number of amides is 1. The van der Waals surface area contributed by atoms with E-state index in [1.54, 1.807) is 13.8 Å². The quantitative estimate of drug-likeness (QED) is 0.463. The number of hydrogen-bond donors (Lipinski definition) is 2. The Morgan fingerprint density at radius 1 is 1.16 bits per heavy atom. The molecule has 0 aliphatic heterocycles. The average Bonchev–Trinajstić information content (AvgIpc) is 3.26. The zero-order valence-electron chi connectivity index (χ0n) is 17.7. The number of carbonyl (C=O) groups excluding carboxylic acids is 1. The summed E-state index contributed by atoms with van der Waals surface area (Å²) in [5, 5.41) is 12.5. The third-order valence-electron chi connectivity index (χ3n) is 8.26. The smallest absolute Gasteiger partial charge is 0.259 e. The molecule has 4 rings (SSSR count). The molecule has 31 heavy (non-hydrogen) atoms. The van der Waals surface area contributed by atoms with E-state index in [9.17, 15) is 9.90 Å². The monoisotopic (exact) mass is 477 g/mol. The van der Waals surface area contributed by atoms with Gasteiger partial charge in [-0.25, -0.2) is 13.2 Å². The number of carbonyl (C=O) groups is 1. The molecule has 0 aromatic heterocycles. The molecule has 3 aliphatic carbocycles. The first-order chi connectivity index (χ1) is 14.5. The van der Waals surface area contributed by atoms with Gasteiger partial charge in [0, 0.05) is 23.5 Å². The van der Waals surface area contributed by atoms with E-state index in [-0.39, 0.29) is 27.4 Å². The summed E-state index contributed by atoms with van der Waals surface area (Å²) >= 11 is 12.5. The summed E-state index contributed by atoms with van der Waals surface area (Å²) in [6.45, 7) is 3.50. The molecule has 3 saturated carbocycles. The molecular formula is C23H28Cl2F3NO2. The second-order valence-corrected chi connectivity index (χ2v) is 10.5. The lowest BCUT2D eigenvalue weighted by molar-refractivity contribution is -0.202. The molecule has 0 spiro atoms. The SMILES string of the molecule is CC1CC2CC[C@H](C)[C@]1(C(NC(=O)C1CCCC1)c1c(F)c(O)cc(Cl)c1Cl)C2(F)F. The van der Waals surface area contributed by atoms with Gasteiger partial charge in [0.2, 0.25) is 5.91 Å². The second-order valence-electron chi connectivity index (χ2n) is 9.71. The van der Waals surface area contributed by atoms with Gasteiger partial charge in [-0.1, -0.05) is 49.9 Å². The molecule has 5 atom stereocenters. The summed E-state index contributed by atoms with van der Waals surface area (Å²) < 4.78 is 47.4. The summed E-state index contributed by atoms with van der Waals surface area (Å²) in [5.74, 6) is -7.49. The Balaban J connectivity index is 1.92. The van der Waals surface area contributed by atoms with E-state index in [0.717, 1.165) is 18.9 Å². The summed E-state index contributed by atoms with van der Waals surface area (Å²) in [6.07, 6.45) is 4.36. The largest absolute Gasteiger partial charge is 0.505 e. The summed E-state index contributed by atoms with van der Waals surface area (Å²) in [5.41, 5.74) is -2.06. The summed E-state index contributed by atoms with van der Waals surface area (Å²) in [4.78, 5) is 13.1. The number of hydrogen-bond acceptors (Lipinski definition) is 2. The van der Waals surface area contributed by atoms with Gasteiger partial charge >= 0.3 is 0 Å². The molecule has 3 fully saturated rings. The van der Waals surface area contributed by atoms with Gasteiger partial charge in [0.15, 0.2) is 11.6 Å². The maximum Gasteiger partial charge on any atom is 0.259 e. The topological polar surface area (TPSA) is 49.3 Å². The van der Waals surface area contributed by atoms with Gasteiger partial charge in [-0.2, -0.15) is 0 Å². The Kier molecular flexibility index (Phi) is 5.96. The molecule has 1 aromatic rings. The van der Waals surface area contributed by atoms with Crippen molar-refractivity contribution in [1.29, 1.82) is 0 Å². The van der Waals surface area contributed by atoms with Crippen molar-refractivity contribution >= 4 is 29.1 Å². The Hall–Kier alpha value is -1.14. The number of rotatable bonds is 4. The number of benzene rings is 1. The molecule has 3 unspecified atom stereocenters. The van der Waals surface area contributed by atoms with Gasteiger partial charge in [0.25, 0.3) is 5.92 Å². The third-order valence-corrected chi connectivity index (χ3v) is 9.06. The third kappa shape index (κ3) is 3.26. The van der Waals surface area contributed by atoms with Crippen LogP contribution in [0.5, 0.6) is 5.75 Å². The first-order valence-electron chi connectivity index (χ1n) is 11.1. The molecule has 0 saturated heterocycles. The number of fused-ring (bicyclic) bond motifs is 2. The van der Waals surface area contributed by atoms with E-state index in [2.05, 4.69) is 5.32 Å². The minimum atomic E-state index is -3.13. The van der Waals surface area contributed by atoms with Crippen molar-refractivity contribution in [3.63, 3.8) is 0 Å². The highest BCUT2D eigenvalue weighted by Gasteiger charge is 2.73. The van der Waals surface area contributed by atoms with Gasteiger partial charge in [0.05, 0.1) is 21.5 Å². The van der Waals surface area contributed by atoms with Crippen molar-refractivity contribution in [2.45, 2.75) is 70.8 Å². The minimum Gasteiger partial charge on any atom is -0.505 e. The first-order valence-corrected chi connectivity index (χ1v) is 11.8. The molecule has 2 N–H and O–H groups in total.